The second-order valence-corrected chi connectivity index (χ2v) is 6.36. The van der Waals surface area contributed by atoms with Gasteiger partial charge in [-0.15, -0.1) is 0 Å². The summed E-state index contributed by atoms with van der Waals surface area (Å²) in [4.78, 5) is 0. The molecule has 1 saturated carbocycles. The lowest BCUT2D eigenvalue weighted by molar-refractivity contribution is 0.0812. The Kier molecular flexibility index (Phi) is 5.19. The van der Waals surface area contributed by atoms with E-state index in [1.54, 1.807) is 7.11 Å². The van der Waals surface area contributed by atoms with Crippen LogP contribution in [0.1, 0.15) is 38.4 Å². The van der Waals surface area contributed by atoms with Crippen molar-refractivity contribution in [2.75, 3.05) is 20.3 Å². The van der Waals surface area contributed by atoms with E-state index in [1.165, 1.54) is 0 Å². The van der Waals surface area contributed by atoms with Gasteiger partial charge in [0.15, 0.2) is 0 Å². The van der Waals surface area contributed by atoms with Crippen molar-refractivity contribution in [1.82, 2.24) is 5.32 Å². The summed E-state index contributed by atoms with van der Waals surface area (Å²) >= 11 is 0. The first-order chi connectivity index (χ1) is 9.59. The van der Waals surface area contributed by atoms with E-state index in [0.29, 0.717) is 12.0 Å². The lowest BCUT2D eigenvalue weighted by Gasteiger charge is -2.28. The van der Waals surface area contributed by atoms with Gasteiger partial charge in [-0.3, -0.25) is 0 Å². The van der Waals surface area contributed by atoms with Crippen molar-refractivity contribution < 1.29 is 9.84 Å². The second-order valence-electron chi connectivity index (χ2n) is 6.36. The average molecular weight is 277 g/mol. The Balaban J connectivity index is 1.94. The van der Waals surface area contributed by atoms with E-state index in [-0.39, 0.29) is 11.5 Å². The molecule has 20 heavy (non-hydrogen) atoms. The van der Waals surface area contributed by atoms with Crippen LogP contribution in [0.25, 0.3) is 0 Å². The number of benzene rings is 1. The molecule has 1 aromatic rings. The van der Waals surface area contributed by atoms with Crippen molar-refractivity contribution in [1.29, 1.82) is 0 Å². The Labute approximate surface area is 122 Å². The van der Waals surface area contributed by atoms with Gasteiger partial charge < -0.3 is 15.2 Å². The molecule has 2 N–H and O–H groups in total. The van der Waals surface area contributed by atoms with Crippen LogP contribution in [0.4, 0.5) is 0 Å². The maximum atomic E-state index is 10.6. The van der Waals surface area contributed by atoms with Crippen molar-refractivity contribution in [3.63, 3.8) is 0 Å². The lowest BCUT2D eigenvalue weighted by Crippen LogP contribution is -2.42. The largest absolute Gasteiger partial charge is 0.388 e. The van der Waals surface area contributed by atoms with E-state index in [0.717, 1.165) is 31.6 Å². The third-order valence-corrected chi connectivity index (χ3v) is 4.45. The van der Waals surface area contributed by atoms with Crippen LogP contribution in [0.2, 0.25) is 0 Å². The molecule has 0 amide bonds. The molecular weight excluding hydrogens is 250 g/mol. The van der Waals surface area contributed by atoms with Gasteiger partial charge in [0.1, 0.15) is 0 Å². The first-order valence-corrected chi connectivity index (χ1v) is 7.54. The molecule has 0 radical (unpaired) electrons. The van der Waals surface area contributed by atoms with Gasteiger partial charge in [0, 0.05) is 25.1 Å². The summed E-state index contributed by atoms with van der Waals surface area (Å²) in [7, 11) is 1.74. The molecule has 112 valence electrons. The summed E-state index contributed by atoms with van der Waals surface area (Å²) in [6.07, 6.45) is 1.81. The van der Waals surface area contributed by atoms with Gasteiger partial charge in [0.05, 0.1) is 12.7 Å². The Morgan fingerprint density at radius 1 is 1.25 bits per heavy atom. The van der Waals surface area contributed by atoms with Crippen molar-refractivity contribution in [2.24, 2.45) is 11.3 Å². The van der Waals surface area contributed by atoms with Crippen LogP contribution >= 0.6 is 0 Å². The van der Waals surface area contributed by atoms with Crippen molar-refractivity contribution in [2.45, 2.75) is 38.8 Å². The molecule has 0 spiro atoms. The van der Waals surface area contributed by atoms with Crippen LogP contribution < -0.4 is 5.32 Å². The molecule has 2 rings (SSSR count). The Morgan fingerprint density at radius 3 is 2.40 bits per heavy atom. The van der Waals surface area contributed by atoms with Crippen LogP contribution in [0.5, 0.6) is 0 Å². The number of aliphatic hydroxyl groups is 1. The molecular formula is C17H27NO2. The number of aliphatic hydroxyl groups excluding tert-OH is 1. The standard InChI is InChI=1S/C17H27NO2/c1-13(2)15(11-20-3)18-12-17(9-10-17)16(19)14-7-5-4-6-8-14/h4-8,13,15-16,18-19H,9-12H2,1-3H3. The van der Waals surface area contributed by atoms with E-state index in [1.807, 2.05) is 30.3 Å². The highest BCUT2D eigenvalue weighted by atomic mass is 16.5. The normalized spacial score (nSPS) is 19.9. The first kappa shape index (κ1) is 15.5. The minimum absolute atomic E-state index is 0.0161. The molecule has 0 heterocycles. The molecule has 2 unspecified atom stereocenters. The van der Waals surface area contributed by atoms with Gasteiger partial charge in [-0.2, -0.15) is 0 Å². The zero-order valence-corrected chi connectivity index (χ0v) is 12.8. The number of nitrogens with one attached hydrogen (secondary N) is 1. The van der Waals surface area contributed by atoms with Gasteiger partial charge in [0.25, 0.3) is 0 Å². The fourth-order valence-electron chi connectivity index (χ4n) is 2.70. The Bertz CT molecular complexity index is 401. The lowest BCUT2D eigenvalue weighted by atomic mass is 9.92. The molecule has 2 atom stereocenters. The van der Waals surface area contributed by atoms with Crippen LogP contribution in [-0.4, -0.2) is 31.4 Å². The van der Waals surface area contributed by atoms with Crippen molar-refractivity contribution >= 4 is 0 Å². The van der Waals surface area contributed by atoms with Gasteiger partial charge in [0.2, 0.25) is 0 Å². The highest BCUT2D eigenvalue weighted by molar-refractivity contribution is 5.22. The van der Waals surface area contributed by atoms with Crippen molar-refractivity contribution in [3.05, 3.63) is 35.9 Å². The van der Waals surface area contributed by atoms with Gasteiger partial charge >= 0.3 is 0 Å². The number of methoxy groups -OCH3 is 1. The third-order valence-electron chi connectivity index (χ3n) is 4.45. The van der Waals surface area contributed by atoms with Gasteiger partial charge in [-0.1, -0.05) is 44.2 Å². The van der Waals surface area contributed by atoms with E-state index in [9.17, 15) is 5.11 Å². The predicted molar refractivity (Wildman–Crippen MR) is 81.6 cm³/mol. The molecule has 1 aromatic carbocycles. The second kappa shape index (κ2) is 6.70. The minimum Gasteiger partial charge on any atom is -0.388 e. The molecule has 3 nitrogen and oxygen atoms in total. The minimum atomic E-state index is -0.369. The van der Waals surface area contributed by atoms with Crippen LogP contribution in [0.3, 0.4) is 0 Å². The summed E-state index contributed by atoms with van der Waals surface area (Å²) in [6, 6.07) is 10.3. The SMILES string of the molecule is COCC(NCC1(C(O)c2ccccc2)CC1)C(C)C. The molecule has 0 bridgehead atoms. The number of ether oxygens (including phenoxy) is 1. The number of hydrogen-bond donors (Lipinski definition) is 2. The third kappa shape index (κ3) is 3.60. The fraction of sp³-hybridized carbons (Fsp3) is 0.647. The van der Waals surface area contributed by atoms with E-state index < -0.39 is 0 Å². The van der Waals surface area contributed by atoms with Crippen molar-refractivity contribution in [3.8, 4) is 0 Å². The van der Waals surface area contributed by atoms with E-state index in [2.05, 4.69) is 19.2 Å². The Morgan fingerprint density at radius 2 is 1.90 bits per heavy atom. The van der Waals surface area contributed by atoms with E-state index >= 15 is 0 Å². The smallest absolute Gasteiger partial charge is 0.0858 e. The summed E-state index contributed by atoms with van der Waals surface area (Å²) in [5.41, 5.74) is 1.04. The summed E-state index contributed by atoms with van der Waals surface area (Å²) in [6.45, 7) is 5.97. The molecule has 1 aliphatic carbocycles. The Hall–Kier alpha value is -0.900. The predicted octanol–water partition coefficient (Wildman–Crippen LogP) is 2.76. The van der Waals surface area contributed by atoms with Crippen LogP contribution in [0, 0.1) is 11.3 Å². The maximum Gasteiger partial charge on any atom is 0.0858 e. The molecule has 0 aromatic heterocycles. The molecule has 3 heteroatoms. The number of rotatable bonds is 8. The molecule has 0 aliphatic heterocycles. The van der Waals surface area contributed by atoms with E-state index in [4.69, 9.17) is 4.74 Å². The monoisotopic (exact) mass is 277 g/mol. The average Bonchev–Trinajstić information content (AvgIpc) is 3.24. The number of hydrogen-bond acceptors (Lipinski definition) is 3. The van der Waals surface area contributed by atoms with Gasteiger partial charge in [-0.25, -0.2) is 0 Å². The summed E-state index contributed by atoms with van der Waals surface area (Å²) in [5.74, 6) is 0.527. The quantitative estimate of drug-likeness (QED) is 0.768. The highest BCUT2D eigenvalue weighted by Gasteiger charge is 2.49. The summed E-state index contributed by atoms with van der Waals surface area (Å²) < 4.78 is 5.27. The molecule has 0 saturated heterocycles. The van der Waals surface area contributed by atoms with Crippen LogP contribution in [-0.2, 0) is 4.74 Å². The summed E-state index contributed by atoms with van der Waals surface area (Å²) in [5, 5.41) is 14.2. The first-order valence-electron chi connectivity index (χ1n) is 7.54. The van der Waals surface area contributed by atoms with Gasteiger partial charge in [-0.05, 0) is 24.3 Å². The molecule has 1 aliphatic rings. The maximum absolute atomic E-state index is 10.6. The topological polar surface area (TPSA) is 41.5 Å². The molecule has 1 fully saturated rings. The zero-order valence-electron chi connectivity index (χ0n) is 12.8. The highest BCUT2D eigenvalue weighted by Crippen LogP contribution is 2.54. The zero-order chi connectivity index (χ0) is 14.6. The fourth-order valence-corrected chi connectivity index (χ4v) is 2.70. The van der Waals surface area contributed by atoms with Crippen LogP contribution in [0.15, 0.2) is 30.3 Å².